The number of carbonyl (C=O) groups excluding carboxylic acids is 4. The molecule has 3 fully saturated rings. The minimum Gasteiger partial charge on any atom is -0.342 e. The summed E-state index contributed by atoms with van der Waals surface area (Å²) < 4.78 is 0. The molecule has 0 aromatic heterocycles. The highest BCUT2D eigenvalue weighted by Crippen LogP contribution is 2.54. The summed E-state index contributed by atoms with van der Waals surface area (Å²) in [7, 11) is 1.69. The minimum atomic E-state index is -1.37. The van der Waals surface area contributed by atoms with Gasteiger partial charge in [0.25, 0.3) is 5.91 Å². The van der Waals surface area contributed by atoms with E-state index in [1.165, 1.54) is 4.90 Å². The molecule has 7 heteroatoms. The van der Waals surface area contributed by atoms with Crippen LogP contribution in [-0.2, 0) is 26.3 Å². The number of nitrogens with zero attached hydrogens (tertiary/aromatic N) is 3. The van der Waals surface area contributed by atoms with Crippen LogP contribution in [0.1, 0.15) is 55.6 Å². The topological polar surface area (TPSA) is 78.0 Å². The molecule has 7 nitrogen and oxygen atoms in total. The fraction of sp³-hybridized carbons (Fsp3) is 0.448. The second kappa shape index (κ2) is 8.29. The van der Waals surface area contributed by atoms with Gasteiger partial charge in [0, 0.05) is 19.2 Å². The van der Waals surface area contributed by atoms with Gasteiger partial charge >= 0.3 is 0 Å². The van der Waals surface area contributed by atoms with Gasteiger partial charge in [0.05, 0.1) is 24.4 Å². The predicted octanol–water partition coefficient (Wildman–Crippen LogP) is 3.23. The van der Waals surface area contributed by atoms with Crippen molar-refractivity contribution in [3.8, 4) is 0 Å². The van der Waals surface area contributed by atoms with Crippen LogP contribution in [-0.4, -0.2) is 63.5 Å². The van der Waals surface area contributed by atoms with E-state index < -0.39 is 23.4 Å². The van der Waals surface area contributed by atoms with Crippen molar-refractivity contribution in [2.45, 2.75) is 57.7 Å². The third-order valence-corrected chi connectivity index (χ3v) is 8.25. The molecule has 3 heterocycles. The van der Waals surface area contributed by atoms with Crippen LogP contribution in [0.3, 0.4) is 0 Å². The van der Waals surface area contributed by atoms with E-state index in [0.29, 0.717) is 5.56 Å². The number of rotatable bonds is 4. The number of hydrogen-bond donors (Lipinski definition) is 0. The van der Waals surface area contributed by atoms with Gasteiger partial charge in [0.15, 0.2) is 0 Å². The van der Waals surface area contributed by atoms with Gasteiger partial charge in [-0.05, 0) is 35.1 Å². The van der Waals surface area contributed by atoms with Gasteiger partial charge in [-0.3, -0.25) is 24.1 Å². The molecular formula is C29H33N3O4. The van der Waals surface area contributed by atoms with Crippen molar-refractivity contribution in [2.75, 3.05) is 13.6 Å². The molecule has 0 radical (unpaired) electrons. The fourth-order valence-electron chi connectivity index (χ4n) is 6.42. The molecule has 0 N–H and O–H groups in total. The summed E-state index contributed by atoms with van der Waals surface area (Å²) in [5.74, 6) is -2.82. The smallest absolute Gasteiger partial charge is 0.255 e. The van der Waals surface area contributed by atoms with Crippen molar-refractivity contribution >= 4 is 23.6 Å². The van der Waals surface area contributed by atoms with E-state index in [2.05, 4.69) is 20.8 Å². The summed E-state index contributed by atoms with van der Waals surface area (Å²) in [5.41, 5.74) is 0.975. The maximum atomic E-state index is 14.0. The third kappa shape index (κ3) is 3.32. The summed E-state index contributed by atoms with van der Waals surface area (Å²) in [6.07, 6.45) is 0.262. The molecule has 3 aliphatic rings. The summed E-state index contributed by atoms with van der Waals surface area (Å²) in [4.78, 5) is 59.7. The molecule has 3 aliphatic heterocycles. The van der Waals surface area contributed by atoms with Crippen molar-refractivity contribution in [3.05, 3.63) is 71.3 Å². The van der Waals surface area contributed by atoms with Crippen LogP contribution in [0.25, 0.3) is 0 Å². The molecule has 0 unspecified atom stereocenters. The monoisotopic (exact) mass is 487 g/mol. The molecule has 4 amide bonds. The van der Waals surface area contributed by atoms with Gasteiger partial charge in [-0.25, -0.2) is 0 Å². The van der Waals surface area contributed by atoms with E-state index in [-0.39, 0.29) is 48.6 Å². The van der Waals surface area contributed by atoms with Crippen LogP contribution in [0.2, 0.25) is 0 Å². The largest absolute Gasteiger partial charge is 0.342 e. The second-order valence-electron chi connectivity index (χ2n) is 11.3. The van der Waals surface area contributed by atoms with Crippen LogP contribution in [0.5, 0.6) is 0 Å². The van der Waals surface area contributed by atoms with Crippen molar-refractivity contribution in [1.29, 1.82) is 0 Å². The van der Waals surface area contributed by atoms with E-state index in [9.17, 15) is 19.2 Å². The lowest BCUT2D eigenvalue weighted by Gasteiger charge is -2.48. The minimum absolute atomic E-state index is 0.0624. The quantitative estimate of drug-likeness (QED) is 0.621. The van der Waals surface area contributed by atoms with E-state index in [4.69, 9.17) is 0 Å². The standard InChI is InChI=1S/C29H33N3O4/c1-6-29-23-22(25(34)31(26(23)35)16-18-10-8-7-9-11-18)21(17-30(5)27(29)36)32(29)24(33)19-12-14-20(15-13-19)28(2,3)4/h7-15,21-23H,6,16-17H2,1-5H3/t21-,22+,23-,29-/m1/s1. The van der Waals surface area contributed by atoms with Crippen LogP contribution >= 0.6 is 0 Å². The Morgan fingerprint density at radius 3 is 2.19 bits per heavy atom. The fourth-order valence-corrected chi connectivity index (χ4v) is 6.42. The molecule has 3 saturated heterocycles. The summed E-state index contributed by atoms with van der Waals surface area (Å²) in [6.45, 7) is 8.55. The predicted molar refractivity (Wildman–Crippen MR) is 135 cm³/mol. The highest BCUT2D eigenvalue weighted by Gasteiger charge is 2.74. The van der Waals surface area contributed by atoms with Gasteiger partial charge in [-0.2, -0.15) is 0 Å². The lowest BCUT2D eigenvalue weighted by molar-refractivity contribution is -0.155. The number of amides is 4. The molecule has 2 bridgehead atoms. The number of hydrogen-bond acceptors (Lipinski definition) is 4. The van der Waals surface area contributed by atoms with Gasteiger partial charge in [-0.1, -0.05) is 70.2 Å². The van der Waals surface area contributed by atoms with Gasteiger partial charge in [0.2, 0.25) is 17.7 Å². The maximum Gasteiger partial charge on any atom is 0.255 e. The highest BCUT2D eigenvalue weighted by atomic mass is 16.2. The highest BCUT2D eigenvalue weighted by molar-refractivity contribution is 6.13. The van der Waals surface area contributed by atoms with E-state index in [1.807, 2.05) is 49.4 Å². The Balaban J connectivity index is 1.55. The van der Waals surface area contributed by atoms with Gasteiger partial charge in [-0.15, -0.1) is 0 Å². The average Bonchev–Trinajstić information content (AvgIpc) is 3.25. The Bertz CT molecular complexity index is 1230. The first-order valence-corrected chi connectivity index (χ1v) is 12.6. The van der Waals surface area contributed by atoms with Gasteiger partial charge in [0.1, 0.15) is 5.54 Å². The van der Waals surface area contributed by atoms with Gasteiger partial charge < -0.3 is 9.80 Å². The van der Waals surface area contributed by atoms with Crippen LogP contribution in [0.4, 0.5) is 0 Å². The summed E-state index contributed by atoms with van der Waals surface area (Å²) in [5, 5.41) is 0. The molecule has 0 saturated carbocycles. The first kappa shape index (κ1) is 24.2. The Kier molecular flexibility index (Phi) is 5.58. The average molecular weight is 488 g/mol. The zero-order valence-electron chi connectivity index (χ0n) is 21.5. The molecule has 0 spiro atoms. The molecule has 2 aromatic rings. The second-order valence-corrected chi connectivity index (χ2v) is 11.3. The Morgan fingerprint density at radius 2 is 1.61 bits per heavy atom. The summed E-state index contributed by atoms with van der Waals surface area (Å²) >= 11 is 0. The molecule has 188 valence electrons. The number of imide groups is 1. The number of carbonyl (C=O) groups is 4. The van der Waals surface area contributed by atoms with Crippen molar-refractivity contribution in [2.24, 2.45) is 11.8 Å². The van der Waals surface area contributed by atoms with E-state index in [1.54, 1.807) is 29.0 Å². The number of benzene rings is 2. The molecule has 5 rings (SSSR count). The molecule has 2 aromatic carbocycles. The Hall–Kier alpha value is -3.48. The van der Waals surface area contributed by atoms with Crippen molar-refractivity contribution in [1.82, 2.24) is 14.7 Å². The molecule has 4 atom stereocenters. The zero-order chi connectivity index (χ0) is 26.0. The summed E-state index contributed by atoms with van der Waals surface area (Å²) in [6, 6.07) is 16.3. The maximum absolute atomic E-state index is 14.0. The van der Waals surface area contributed by atoms with Crippen LogP contribution < -0.4 is 0 Å². The molecule has 36 heavy (non-hydrogen) atoms. The number of piperazine rings is 1. The number of likely N-dealkylation sites (N-methyl/N-ethyl adjacent to an activating group) is 1. The van der Waals surface area contributed by atoms with Crippen LogP contribution in [0.15, 0.2) is 54.6 Å². The zero-order valence-corrected chi connectivity index (χ0v) is 21.5. The number of fused-ring (bicyclic) bond motifs is 5. The molecular weight excluding hydrogens is 454 g/mol. The van der Waals surface area contributed by atoms with E-state index >= 15 is 0 Å². The first-order valence-electron chi connectivity index (χ1n) is 12.6. The lowest BCUT2D eigenvalue weighted by atomic mass is 9.78. The van der Waals surface area contributed by atoms with Crippen molar-refractivity contribution < 1.29 is 19.2 Å². The Morgan fingerprint density at radius 1 is 0.972 bits per heavy atom. The molecule has 0 aliphatic carbocycles. The van der Waals surface area contributed by atoms with Crippen LogP contribution in [0, 0.1) is 11.8 Å². The van der Waals surface area contributed by atoms with E-state index in [0.717, 1.165) is 11.1 Å². The van der Waals surface area contributed by atoms with Crippen molar-refractivity contribution in [3.63, 3.8) is 0 Å². The first-order chi connectivity index (χ1) is 17.0. The SMILES string of the molecule is CC[C@]12C(=O)N(C)C[C@H]([C@@H]3C(=O)N(Cc4ccccc4)C(=O)[C@@H]31)N2C(=O)c1ccc(C(C)(C)C)cc1. The third-order valence-electron chi connectivity index (χ3n) is 8.25. The lowest BCUT2D eigenvalue weighted by Crippen LogP contribution is -2.68. The normalized spacial score (nSPS) is 27.6. The number of likely N-dealkylation sites (tertiary alicyclic amines) is 2. The Labute approximate surface area is 212 Å².